The number of hydrogen-bond acceptors (Lipinski definition) is 4. The van der Waals surface area contributed by atoms with E-state index in [2.05, 4.69) is 10.1 Å². The SMILES string of the molecule is CC(C)N(CC(=O)O)CC(=O)Nc1ccc(OC(F)(F)F)cc1. The number of hydrogen-bond donors (Lipinski definition) is 2. The molecule has 0 bridgehead atoms. The molecule has 0 saturated heterocycles. The lowest BCUT2D eigenvalue weighted by molar-refractivity contribution is -0.274. The van der Waals surface area contributed by atoms with E-state index in [0.29, 0.717) is 0 Å². The van der Waals surface area contributed by atoms with E-state index >= 15 is 0 Å². The lowest BCUT2D eigenvalue weighted by Gasteiger charge is -2.23. The largest absolute Gasteiger partial charge is 0.573 e. The molecule has 1 rings (SSSR count). The minimum atomic E-state index is -4.78. The van der Waals surface area contributed by atoms with Crippen LogP contribution in [0.3, 0.4) is 0 Å². The number of alkyl halides is 3. The molecule has 0 aromatic heterocycles. The van der Waals surface area contributed by atoms with E-state index in [1.54, 1.807) is 13.8 Å². The number of amides is 1. The van der Waals surface area contributed by atoms with Gasteiger partial charge in [0.05, 0.1) is 13.1 Å². The first-order valence-electron chi connectivity index (χ1n) is 6.68. The van der Waals surface area contributed by atoms with Crippen molar-refractivity contribution < 1.29 is 32.6 Å². The summed E-state index contributed by atoms with van der Waals surface area (Å²) in [5.74, 6) is -1.92. The van der Waals surface area contributed by atoms with Gasteiger partial charge in [0.15, 0.2) is 0 Å². The molecule has 0 heterocycles. The minimum Gasteiger partial charge on any atom is -0.480 e. The van der Waals surface area contributed by atoms with Crippen molar-refractivity contribution in [2.24, 2.45) is 0 Å². The van der Waals surface area contributed by atoms with Crippen LogP contribution in [0.15, 0.2) is 24.3 Å². The Morgan fingerprint density at radius 2 is 1.78 bits per heavy atom. The molecule has 0 radical (unpaired) electrons. The first-order chi connectivity index (χ1) is 10.6. The normalized spacial score (nSPS) is 11.6. The smallest absolute Gasteiger partial charge is 0.480 e. The van der Waals surface area contributed by atoms with Crippen molar-refractivity contribution >= 4 is 17.6 Å². The molecule has 6 nitrogen and oxygen atoms in total. The summed E-state index contributed by atoms with van der Waals surface area (Å²) in [7, 11) is 0. The van der Waals surface area contributed by atoms with Crippen LogP contribution in [0.4, 0.5) is 18.9 Å². The topological polar surface area (TPSA) is 78.9 Å². The van der Waals surface area contributed by atoms with Crippen LogP contribution in [0.25, 0.3) is 0 Å². The molecule has 1 aromatic carbocycles. The quantitative estimate of drug-likeness (QED) is 0.800. The summed E-state index contributed by atoms with van der Waals surface area (Å²) >= 11 is 0. The highest BCUT2D eigenvalue weighted by Crippen LogP contribution is 2.23. The number of aliphatic carboxylic acids is 1. The van der Waals surface area contributed by atoms with Crippen LogP contribution in [0.2, 0.25) is 0 Å². The maximum atomic E-state index is 12.0. The zero-order valence-corrected chi connectivity index (χ0v) is 12.6. The van der Waals surface area contributed by atoms with E-state index < -0.39 is 24.0 Å². The van der Waals surface area contributed by atoms with E-state index in [9.17, 15) is 22.8 Å². The third-order valence-corrected chi connectivity index (χ3v) is 2.79. The molecule has 0 aliphatic rings. The summed E-state index contributed by atoms with van der Waals surface area (Å²) in [6.45, 7) is 3.06. The first kappa shape index (κ1) is 18.8. The number of carboxylic acids is 1. The lowest BCUT2D eigenvalue weighted by Crippen LogP contribution is -2.41. The molecule has 0 fully saturated rings. The number of carbonyl (C=O) groups excluding carboxylic acids is 1. The Kier molecular flexibility index (Phi) is 6.38. The molecule has 0 aliphatic heterocycles. The van der Waals surface area contributed by atoms with Gasteiger partial charge in [-0.3, -0.25) is 14.5 Å². The molecule has 1 amide bonds. The fourth-order valence-electron chi connectivity index (χ4n) is 1.72. The zero-order chi connectivity index (χ0) is 17.6. The first-order valence-corrected chi connectivity index (χ1v) is 6.68. The molecule has 9 heteroatoms. The monoisotopic (exact) mass is 334 g/mol. The summed E-state index contributed by atoms with van der Waals surface area (Å²) in [5, 5.41) is 11.3. The second-order valence-electron chi connectivity index (χ2n) is 5.01. The Hall–Kier alpha value is -2.29. The van der Waals surface area contributed by atoms with E-state index in [0.717, 1.165) is 12.1 Å². The van der Waals surface area contributed by atoms with Crippen molar-refractivity contribution in [1.29, 1.82) is 0 Å². The van der Waals surface area contributed by atoms with Gasteiger partial charge < -0.3 is 15.2 Å². The van der Waals surface area contributed by atoms with Gasteiger partial charge in [-0.25, -0.2) is 0 Å². The third-order valence-electron chi connectivity index (χ3n) is 2.79. The number of anilines is 1. The van der Waals surface area contributed by atoms with Gasteiger partial charge in [0.2, 0.25) is 5.91 Å². The van der Waals surface area contributed by atoms with E-state index in [4.69, 9.17) is 5.11 Å². The van der Waals surface area contributed by atoms with Gasteiger partial charge >= 0.3 is 12.3 Å². The maximum Gasteiger partial charge on any atom is 0.573 e. The van der Waals surface area contributed by atoms with Crippen LogP contribution in [0.1, 0.15) is 13.8 Å². The number of nitrogens with zero attached hydrogens (tertiary/aromatic N) is 1. The Labute approximate surface area is 130 Å². The average Bonchev–Trinajstić information content (AvgIpc) is 2.38. The predicted octanol–water partition coefficient (Wildman–Crippen LogP) is 2.32. The van der Waals surface area contributed by atoms with Gasteiger partial charge in [-0.05, 0) is 38.1 Å². The highest BCUT2D eigenvalue weighted by molar-refractivity contribution is 5.92. The number of ether oxygens (including phenoxy) is 1. The highest BCUT2D eigenvalue weighted by atomic mass is 19.4. The number of carbonyl (C=O) groups is 2. The van der Waals surface area contributed by atoms with Gasteiger partial charge in [0.25, 0.3) is 0 Å². The molecular formula is C14H17F3N2O4. The van der Waals surface area contributed by atoms with Crippen LogP contribution < -0.4 is 10.1 Å². The zero-order valence-electron chi connectivity index (χ0n) is 12.6. The lowest BCUT2D eigenvalue weighted by atomic mass is 10.3. The summed E-state index contributed by atoms with van der Waals surface area (Å²) in [6, 6.07) is 4.51. The number of nitrogens with one attached hydrogen (secondary N) is 1. The van der Waals surface area contributed by atoms with Crippen molar-refractivity contribution in [3.8, 4) is 5.75 Å². The number of rotatable bonds is 7. The van der Waals surface area contributed by atoms with E-state index in [1.807, 2.05) is 0 Å². The van der Waals surface area contributed by atoms with Gasteiger partial charge in [-0.1, -0.05) is 0 Å². The van der Waals surface area contributed by atoms with Crippen molar-refractivity contribution in [2.45, 2.75) is 26.3 Å². The number of benzene rings is 1. The van der Waals surface area contributed by atoms with Crippen LogP contribution in [0, 0.1) is 0 Å². The van der Waals surface area contributed by atoms with Gasteiger partial charge in [0.1, 0.15) is 5.75 Å². The Balaban J connectivity index is 2.61. The van der Waals surface area contributed by atoms with E-state index in [-0.39, 0.29) is 24.8 Å². The molecular weight excluding hydrogens is 317 g/mol. The molecule has 23 heavy (non-hydrogen) atoms. The average molecular weight is 334 g/mol. The third kappa shape index (κ3) is 7.50. The van der Waals surface area contributed by atoms with Crippen LogP contribution in [-0.2, 0) is 9.59 Å². The van der Waals surface area contributed by atoms with Crippen LogP contribution in [-0.4, -0.2) is 47.4 Å². The molecule has 0 unspecified atom stereocenters. The fraction of sp³-hybridized carbons (Fsp3) is 0.429. The summed E-state index contributed by atoms with van der Waals surface area (Å²) in [5.41, 5.74) is 0.281. The Morgan fingerprint density at radius 1 is 1.22 bits per heavy atom. The van der Waals surface area contributed by atoms with Crippen LogP contribution >= 0.6 is 0 Å². The maximum absolute atomic E-state index is 12.0. The molecule has 0 spiro atoms. The van der Waals surface area contributed by atoms with Gasteiger partial charge in [0, 0.05) is 11.7 Å². The van der Waals surface area contributed by atoms with Crippen molar-refractivity contribution in [2.75, 3.05) is 18.4 Å². The molecule has 1 aromatic rings. The summed E-state index contributed by atoms with van der Waals surface area (Å²) in [4.78, 5) is 24.0. The molecule has 2 N–H and O–H groups in total. The fourth-order valence-corrected chi connectivity index (χ4v) is 1.72. The Morgan fingerprint density at radius 3 is 2.22 bits per heavy atom. The highest BCUT2D eigenvalue weighted by Gasteiger charge is 2.31. The van der Waals surface area contributed by atoms with E-state index in [1.165, 1.54) is 17.0 Å². The molecule has 0 atom stereocenters. The number of halogens is 3. The Bertz CT molecular complexity index is 544. The molecule has 0 aliphatic carbocycles. The molecule has 0 saturated carbocycles. The second-order valence-corrected chi connectivity index (χ2v) is 5.01. The predicted molar refractivity (Wildman–Crippen MR) is 76.1 cm³/mol. The van der Waals surface area contributed by atoms with Crippen LogP contribution in [0.5, 0.6) is 5.75 Å². The molecule has 128 valence electrons. The van der Waals surface area contributed by atoms with Gasteiger partial charge in [-0.2, -0.15) is 0 Å². The standard InChI is InChI=1S/C14H17F3N2O4/c1-9(2)19(8-13(21)22)7-12(20)18-10-3-5-11(6-4-10)23-14(15,16)17/h3-6,9H,7-8H2,1-2H3,(H,18,20)(H,21,22). The van der Waals surface area contributed by atoms with Crippen molar-refractivity contribution in [3.63, 3.8) is 0 Å². The minimum absolute atomic E-state index is 0.148. The summed E-state index contributed by atoms with van der Waals surface area (Å²) < 4.78 is 39.8. The van der Waals surface area contributed by atoms with Crippen molar-refractivity contribution in [1.82, 2.24) is 4.90 Å². The van der Waals surface area contributed by atoms with Gasteiger partial charge in [-0.15, -0.1) is 13.2 Å². The number of carboxylic acid groups (broad SMARTS) is 1. The summed E-state index contributed by atoms with van der Waals surface area (Å²) in [6.07, 6.45) is -4.78. The second kappa shape index (κ2) is 7.82. The van der Waals surface area contributed by atoms with Crippen molar-refractivity contribution in [3.05, 3.63) is 24.3 Å².